The van der Waals surface area contributed by atoms with Crippen LogP contribution in [0.3, 0.4) is 0 Å². The maximum Gasteiger partial charge on any atom is 0.354 e. The van der Waals surface area contributed by atoms with Gasteiger partial charge in [0.1, 0.15) is 11.5 Å². The molecule has 0 radical (unpaired) electrons. The van der Waals surface area contributed by atoms with Crippen molar-refractivity contribution < 1.29 is 23.1 Å². The molecule has 0 amide bonds. The molecule has 0 unspecified atom stereocenters. The first-order valence-electron chi connectivity index (χ1n) is 5.08. The molecule has 4 nitrogen and oxygen atoms in total. The minimum atomic E-state index is -1.34. The Labute approximate surface area is 105 Å². The van der Waals surface area contributed by atoms with Crippen molar-refractivity contribution in [1.82, 2.24) is 4.98 Å². The van der Waals surface area contributed by atoms with Gasteiger partial charge in [0.15, 0.2) is 11.6 Å². The first kappa shape index (κ1) is 12.9. The minimum Gasteiger partial charge on any atom is -0.477 e. The highest BCUT2D eigenvalue weighted by Crippen LogP contribution is 2.23. The zero-order chi connectivity index (χ0) is 14.0. The summed E-state index contributed by atoms with van der Waals surface area (Å²) >= 11 is 0. The third kappa shape index (κ3) is 2.82. The van der Waals surface area contributed by atoms with Crippen molar-refractivity contribution in [2.24, 2.45) is 0 Å². The number of carbonyl (C=O) groups is 1. The summed E-state index contributed by atoms with van der Waals surface area (Å²) in [5.74, 6) is -4.81. The van der Waals surface area contributed by atoms with Crippen LogP contribution in [0.2, 0.25) is 0 Å². The molecule has 1 aromatic heterocycles. The molecule has 1 heterocycles. The molecule has 0 spiro atoms. The fourth-order valence-corrected chi connectivity index (χ4v) is 1.43. The molecule has 1 aromatic carbocycles. The van der Waals surface area contributed by atoms with E-state index in [1.165, 1.54) is 12.3 Å². The maximum atomic E-state index is 13.4. The van der Waals surface area contributed by atoms with Gasteiger partial charge in [-0.1, -0.05) is 0 Å². The van der Waals surface area contributed by atoms with E-state index in [0.29, 0.717) is 6.07 Å². The van der Waals surface area contributed by atoms with E-state index in [1.807, 2.05) is 0 Å². The van der Waals surface area contributed by atoms with Crippen LogP contribution < -0.4 is 5.32 Å². The lowest BCUT2D eigenvalue weighted by atomic mass is 10.2. The number of anilines is 2. The number of hydrogen-bond donors (Lipinski definition) is 2. The van der Waals surface area contributed by atoms with Crippen LogP contribution in [0.5, 0.6) is 0 Å². The smallest absolute Gasteiger partial charge is 0.354 e. The highest BCUT2D eigenvalue weighted by molar-refractivity contribution is 5.86. The van der Waals surface area contributed by atoms with Crippen LogP contribution in [-0.2, 0) is 0 Å². The average Bonchev–Trinajstić information content (AvgIpc) is 2.35. The fraction of sp³-hybridized carbons (Fsp3) is 0. The highest BCUT2D eigenvalue weighted by Gasteiger charge is 2.12. The summed E-state index contributed by atoms with van der Waals surface area (Å²) < 4.78 is 39.3. The first-order chi connectivity index (χ1) is 8.97. The predicted octanol–water partition coefficient (Wildman–Crippen LogP) is 2.94. The summed E-state index contributed by atoms with van der Waals surface area (Å²) in [6.45, 7) is 0. The molecule has 7 heteroatoms. The number of benzene rings is 1. The SMILES string of the molecule is O=C(O)c1cc(Nc2cc(F)cc(F)c2F)ccn1. The van der Waals surface area contributed by atoms with Gasteiger partial charge in [0.2, 0.25) is 0 Å². The predicted molar refractivity (Wildman–Crippen MR) is 60.8 cm³/mol. The number of aromatic nitrogens is 1. The fourth-order valence-electron chi connectivity index (χ4n) is 1.43. The van der Waals surface area contributed by atoms with E-state index in [4.69, 9.17) is 5.11 Å². The number of carboxylic acid groups (broad SMARTS) is 1. The number of halogens is 3. The van der Waals surface area contributed by atoms with Gasteiger partial charge in [0.25, 0.3) is 0 Å². The van der Waals surface area contributed by atoms with Gasteiger partial charge in [-0.3, -0.25) is 0 Å². The summed E-state index contributed by atoms with van der Waals surface area (Å²) in [5, 5.41) is 11.1. The van der Waals surface area contributed by atoms with Gasteiger partial charge in [-0.25, -0.2) is 22.9 Å². The van der Waals surface area contributed by atoms with Gasteiger partial charge in [-0.15, -0.1) is 0 Å². The molecule has 0 aliphatic heterocycles. The number of pyridine rings is 1. The Morgan fingerprint density at radius 1 is 1.21 bits per heavy atom. The lowest BCUT2D eigenvalue weighted by molar-refractivity contribution is 0.0690. The number of carboxylic acids is 1. The van der Waals surface area contributed by atoms with E-state index in [0.717, 1.165) is 12.1 Å². The number of hydrogen-bond acceptors (Lipinski definition) is 3. The average molecular weight is 268 g/mol. The van der Waals surface area contributed by atoms with E-state index in [1.54, 1.807) is 0 Å². The molecule has 2 aromatic rings. The van der Waals surface area contributed by atoms with Crippen LogP contribution in [0.25, 0.3) is 0 Å². The molecule has 0 saturated heterocycles. The molecule has 2 N–H and O–H groups in total. The standard InChI is InChI=1S/C12H7F3N2O2/c13-6-3-8(14)11(15)9(4-6)17-7-1-2-16-10(5-7)12(18)19/h1-5H,(H,16,17)(H,18,19). The van der Waals surface area contributed by atoms with Gasteiger partial charge in [-0.05, 0) is 12.1 Å². The summed E-state index contributed by atoms with van der Waals surface area (Å²) in [7, 11) is 0. The van der Waals surface area contributed by atoms with E-state index >= 15 is 0 Å². The van der Waals surface area contributed by atoms with Crippen LogP contribution in [0, 0.1) is 17.5 Å². The molecular weight excluding hydrogens is 261 g/mol. The van der Waals surface area contributed by atoms with Crippen LogP contribution in [0.1, 0.15) is 10.5 Å². The Balaban J connectivity index is 2.36. The van der Waals surface area contributed by atoms with Gasteiger partial charge >= 0.3 is 5.97 Å². The van der Waals surface area contributed by atoms with Gasteiger partial charge in [-0.2, -0.15) is 0 Å². The first-order valence-corrected chi connectivity index (χ1v) is 5.08. The molecule has 0 atom stereocenters. The van der Waals surface area contributed by atoms with Gasteiger partial charge in [0, 0.05) is 24.0 Å². The van der Waals surface area contributed by atoms with Crippen LogP contribution in [0.4, 0.5) is 24.5 Å². The Bertz CT molecular complexity index is 647. The topological polar surface area (TPSA) is 62.2 Å². The van der Waals surface area contributed by atoms with Crippen LogP contribution in [-0.4, -0.2) is 16.1 Å². The molecule has 98 valence electrons. The van der Waals surface area contributed by atoms with Crippen molar-refractivity contribution in [2.45, 2.75) is 0 Å². The lowest BCUT2D eigenvalue weighted by Crippen LogP contribution is -2.02. The largest absolute Gasteiger partial charge is 0.477 e. The third-order valence-electron chi connectivity index (χ3n) is 2.25. The summed E-state index contributed by atoms with van der Waals surface area (Å²) in [4.78, 5) is 14.3. The molecule has 0 aliphatic rings. The summed E-state index contributed by atoms with van der Waals surface area (Å²) in [6.07, 6.45) is 1.18. The second kappa shape index (κ2) is 4.97. The number of aromatic carboxylic acids is 1. The molecule has 0 saturated carbocycles. The quantitative estimate of drug-likeness (QED) is 0.840. The molecule has 0 aliphatic carbocycles. The van der Waals surface area contributed by atoms with E-state index in [9.17, 15) is 18.0 Å². The minimum absolute atomic E-state index is 0.149. The van der Waals surface area contributed by atoms with Crippen molar-refractivity contribution in [1.29, 1.82) is 0 Å². The maximum absolute atomic E-state index is 13.4. The number of nitrogens with zero attached hydrogens (tertiary/aromatic N) is 1. The van der Waals surface area contributed by atoms with Gasteiger partial charge in [0.05, 0.1) is 5.69 Å². The highest BCUT2D eigenvalue weighted by atomic mass is 19.2. The Hall–Kier alpha value is -2.57. The van der Waals surface area contributed by atoms with Crippen molar-refractivity contribution in [2.75, 3.05) is 5.32 Å². The molecule has 2 rings (SSSR count). The molecule has 0 fully saturated rings. The lowest BCUT2D eigenvalue weighted by Gasteiger charge is -2.08. The van der Waals surface area contributed by atoms with Crippen molar-refractivity contribution in [3.8, 4) is 0 Å². The van der Waals surface area contributed by atoms with Crippen molar-refractivity contribution >= 4 is 17.3 Å². The number of rotatable bonds is 3. The van der Waals surface area contributed by atoms with Crippen LogP contribution in [0.15, 0.2) is 30.5 Å². The van der Waals surface area contributed by atoms with Crippen molar-refractivity contribution in [3.63, 3.8) is 0 Å². The molecular formula is C12H7F3N2O2. The molecule has 0 bridgehead atoms. The monoisotopic (exact) mass is 268 g/mol. The second-order valence-electron chi connectivity index (χ2n) is 3.61. The van der Waals surface area contributed by atoms with Gasteiger partial charge < -0.3 is 10.4 Å². The molecule has 19 heavy (non-hydrogen) atoms. The zero-order valence-electron chi connectivity index (χ0n) is 9.32. The van der Waals surface area contributed by atoms with E-state index < -0.39 is 29.1 Å². The Morgan fingerprint density at radius 2 is 1.95 bits per heavy atom. The Kier molecular flexibility index (Phi) is 3.37. The van der Waals surface area contributed by atoms with E-state index in [2.05, 4.69) is 10.3 Å². The van der Waals surface area contributed by atoms with Crippen molar-refractivity contribution in [3.05, 3.63) is 53.6 Å². The van der Waals surface area contributed by atoms with Crippen LogP contribution >= 0.6 is 0 Å². The summed E-state index contributed by atoms with van der Waals surface area (Å²) in [6, 6.07) is 3.63. The normalized spacial score (nSPS) is 10.3. The second-order valence-corrected chi connectivity index (χ2v) is 3.61. The number of nitrogens with one attached hydrogen (secondary N) is 1. The third-order valence-corrected chi connectivity index (χ3v) is 2.25. The summed E-state index contributed by atoms with van der Waals surface area (Å²) in [5.41, 5.74) is -0.557. The van der Waals surface area contributed by atoms with E-state index in [-0.39, 0.29) is 11.4 Å². The zero-order valence-corrected chi connectivity index (χ0v) is 9.32. The Morgan fingerprint density at radius 3 is 2.63 bits per heavy atom.